The number of aryl methyl sites for hydroxylation is 2. The summed E-state index contributed by atoms with van der Waals surface area (Å²) in [6.07, 6.45) is 0. The predicted octanol–water partition coefficient (Wildman–Crippen LogP) is 0.730. The summed E-state index contributed by atoms with van der Waals surface area (Å²) in [7, 11) is 3.99. The van der Waals surface area contributed by atoms with E-state index >= 15 is 0 Å². The van der Waals surface area contributed by atoms with Crippen LogP contribution in [0.25, 0.3) is 0 Å². The summed E-state index contributed by atoms with van der Waals surface area (Å²) in [6.45, 7) is 7.14. The molecule has 1 aromatic heterocycles. The third-order valence-electron chi connectivity index (χ3n) is 2.60. The van der Waals surface area contributed by atoms with E-state index in [0.29, 0.717) is 6.54 Å². The zero-order valence-electron chi connectivity index (χ0n) is 10.2. The van der Waals surface area contributed by atoms with Gasteiger partial charge in [-0.15, -0.1) is 0 Å². The molecule has 0 atom stereocenters. The van der Waals surface area contributed by atoms with Gasteiger partial charge in [0.2, 0.25) is 0 Å². The molecule has 0 spiro atoms. The van der Waals surface area contributed by atoms with Gasteiger partial charge >= 0.3 is 0 Å². The van der Waals surface area contributed by atoms with Crippen molar-refractivity contribution in [3.63, 3.8) is 0 Å². The average Bonchev–Trinajstić information content (AvgIpc) is 2.14. The van der Waals surface area contributed by atoms with Crippen molar-refractivity contribution >= 4 is 0 Å². The van der Waals surface area contributed by atoms with Gasteiger partial charge in [0.1, 0.15) is 5.82 Å². The van der Waals surface area contributed by atoms with E-state index in [-0.39, 0.29) is 5.56 Å². The number of likely N-dealkylation sites (N-methyl/N-ethyl adjacent to an activating group) is 1. The van der Waals surface area contributed by atoms with Crippen LogP contribution in [-0.4, -0.2) is 35.1 Å². The first-order chi connectivity index (χ1) is 6.93. The van der Waals surface area contributed by atoms with Gasteiger partial charge < -0.3 is 4.90 Å². The van der Waals surface area contributed by atoms with E-state index in [2.05, 4.69) is 9.88 Å². The first-order valence-electron chi connectivity index (χ1n) is 5.13. The van der Waals surface area contributed by atoms with Crippen molar-refractivity contribution in [3.8, 4) is 0 Å². The number of rotatable bonds is 3. The summed E-state index contributed by atoms with van der Waals surface area (Å²) in [6, 6.07) is 0. The van der Waals surface area contributed by atoms with Crippen LogP contribution in [0.5, 0.6) is 0 Å². The third kappa shape index (κ3) is 2.65. The molecular formula is C11H19N3O. The van der Waals surface area contributed by atoms with E-state index in [4.69, 9.17) is 0 Å². The Labute approximate surface area is 90.6 Å². The minimum atomic E-state index is 0.0850. The van der Waals surface area contributed by atoms with Gasteiger partial charge in [0.15, 0.2) is 0 Å². The highest BCUT2D eigenvalue weighted by molar-refractivity contribution is 5.15. The Hall–Kier alpha value is -1.16. The highest BCUT2D eigenvalue weighted by Crippen LogP contribution is 1.99. The molecule has 84 valence electrons. The standard InChI is InChI=1S/C11H19N3O/c1-8-9(2)12-10(3)14(11(8)15)7-6-13(4)5/h6-7H2,1-5H3. The average molecular weight is 209 g/mol. The molecular weight excluding hydrogens is 190 g/mol. The summed E-state index contributed by atoms with van der Waals surface area (Å²) in [5.41, 5.74) is 1.67. The first kappa shape index (κ1) is 11.9. The molecule has 4 heteroatoms. The van der Waals surface area contributed by atoms with E-state index in [1.807, 2.05) is 34.9 Å². The topological polar surface area (TPSA) is 38.1 Å². The van der Waals surface area contributed by atoms with Crippen LogP contribution < -0.4 is 5.56 Å². The van der Waals surface area contributed by atoms with Crippen molar-refractivity contribution in [3.05, 3.63) is 27.4 Å². The van der Waals surface area contributed by atoms with Crippen LogP contribution in [0.4, 0.5) is 0 Å². The maximum Gasteiger partial charge on any atom is 0.256 e. The van der Waals surface area contributed by atoms with Crippen LogP contribution in [0.15, 0.2) is 4.79 Å². The fourth-order valence-electron chi connectivity index (χ4n) is 1.45. The van der Waals surface area contributed by atoms with Gasteiger partial charge in [-0.2, -0.15) is 0 Å². The number of hydrogen-bond acceptors (Lipinski definition) is 3. The SMILES string of the molecule is Cc1nc(C)n(CCN(C)C)c(=O)c1C. The summed E-state index contributed by atoms with van der Waals surface area (Å²) in [4.78, 5) is 18.3. The van der Waals surface area contributed by atoms with E-state index in [1.165, 1.54) is 0 Å². The van der Waals surface area contributed by atoms with Gasteiger partial charge in [0.25, 0.3) is 5.56 Å². The monoisotopic (exact) mass is 209 g/mol. The van der Waals surface area contributed by atoms with E-state index in [1.54, 1.807) is 4.57 Å². The molecule has 0 aliphatic rings. The lowest BCUT2D eigenvalue weighted by atomic mass is 10.2. The molecule has 0 radical (unpaired) electrons. The maximum atomic E-state index is 11.9. The lowest BCUT2D eigenvalue weighted by molar-refractivity contribution is 0.376. The van der Waals surface area contributed by atoms with Crippen molar-refractivity contribution in [2.75, 3.05) is 20.6 Å². The Bertz CT molecular complexity index is 407. The second-order valence-electron chi connectivity index (χ2n) is 4.13. The van der Waals surface area contributed by atoms with Crippen LogP contribution in [0.3, 0.4) is 0 Å². The number of hydrogen-bond donors (Lipinski definition) is 0. The van der Waals surface area contributed by atoms with Gasteiger partial charge in [-0.05, 0) is 34.9 Å². The molecule has 0 saturated carbocycles. The maximum absolute atomic E-state index is 11.9. The van der Waals surface area contributed by atoms with Crippen molar-refractivity contribution in [1.82, 2.24) is 14.5 Å². The molecule has 0 amide bonds. The lowest BCUT2D eigenvalue weighted by Crippen LogP contribution is -2.31. The van der Waals surface area contributed by atoms with Gasteiger partial charge in [-0.3, -0.25) is 9.36 Å². The lowest BCUT2D eigenvalue weighted by Gasteiger charge is -2.14. The molecule has 1 rings (SSSR count). The largest absolute Gasteiger partial charge is 0.308 e. The quantitative estimate of drug-likeness (QED) is 0.736. The minimum absolute atomic E-state index is 0.0850. The van der Waals surface area contributed by atoms with Crippen LogP contribution >= 0.6 is 0 Å². The van der Waals surface area contributed by atoms with Crippen LogP contribution in [0.2, 0.25) is 0 Å². The smallest absolute Gasteiger partial charge is 0.256 e. The van der Waals surface area contributed by atoms with E-state index < -0.39 is 0 Å². The molecule has 0 aliphatic carbocycles. The van der Waals surface area contributed by atoms with Crippen LogP contribution in [0.1, 0.15) is 17.1 Å². The second-order valence-corrected chi connectivity index (χ2v) is 4.13. The Kier molecular flexibility index (Phi) is 3.63. The molecule has 0 saturated heterocycles. The summed E-state index contributed by atoms with van der Waals surface area (Å²) >= 11 is 0. The molecule has 1 heterocycles. The molecule has 0 unspecified atom stereocenters. The zero-order chi connectivity index (χ0) is 11.6. The molecule has 0 aromatic carbocycles. The van der Waals surface area contributed by atoms with Crippen LogP contribution in [-0.2, 0) is 6.54 Å². The highest BCUT2D eigenvalue weighted by Gasteiger charge is 2.07. The highest BCUT2D eigenvalue weighted by atomic mass is 16.1. The van der Waals surface area contributed by atoms with Gasteiger partial charge in [0, 0.05) is 24.3 Å². The van der Waals surface area contributed by atoms with Crippen molar-refractivity contribution in [1.29, 1.82) is 0 Å². The fourth-order valence-corrected chi connectivity index (χ4v) is 1.45. The summed E-state index contributed by atoms with van der Waals surface area (Å²) in [5, 5.41) is 0. The summed E-state index contributed by atoms with van der Waals surface area (Å²) in [5.74, 6) is 0.796. The Morgan fingerprint density at radius 3 is 2.40 bits per heavy atom. The molecule has 4 nitrogen and oxygen atoms in total. The molecule has 0 N–H and O–H groups in total. The van der Waals surface area contributed by atoms with Crippen molar-refractivity contribution < 1.29 is 0 Å². The molecule has 0 fully saturated rings. The van der Waals surface area contributed by atoms with E-state index in [0.717, 1.165) is 23.6 Å². The van der Waals surface area contributed by atoms with Crippen LogP contribution in [0, 0.1) is 20.8 Å². The Balaban J connectivity index is 3.08. The fraction of sp³-hybridized carbons (Fsp3) is 0.636. The first-order valence-corrected chi connectivity index (χ1v) is 5.13. The second kappa shape index (κ2) is 4.57. The summed E-state index contributed by atoms with van der Waals surface area (Å²) < 4.78 is 1.74. The normalized spacial score (nSPS) is 11.1. The van der Waals surface area contributed by atoms with Crippen molar-refractivity contribution in [2.24, 2.45) is 0 Å². The molecule has 0 bridgehead atoms. The minimum Gasteiger partial charge on any atom is -0.308 e. The predicted molar refractivity (Wildman–Crippen MR) is 61.3 cm³/mol. The van der Waals surface area contributed by atoms with E-state index in [9.17, 15) is 4.79 Å². The molecule has 1 aromatic rings. The number of aromatic nitrogens is 2. The number of nitrogens with zero attached hydrogens (tertiary/aromatic N) is 3. The van der Waals surface area contributed by atoms with Gasteiger partial charge in [0.05, 0.1) is 0 Å². The third-order valence-corrected chi connectivity index (χ3v) is 2.60. The van der Waals surface area contributed by atoms with Gasteiger partial charge in [-0.1, -0.05) is 0 Å². The molecule has 0 aliphatic heterocycles. The van der Waals surface area contributed by atoms with Crippen molar-refractivity contribution in [2.45, 2.75) is 27.3 Å². The van der Waals surface area contributed by atoms with Gasteiger partial charge in [-0.25, -0.2) is 4.98 Å². The zero-order valence-corrected chi connectivity index (χ0v) is 10.2. The Morgan fingerprint density at radius 2 is 1.87 bits per heavy atom. The Morgan fingerprint density at radius 1 is 1.27 bits per heavy atom. The molecule has 15 heavy (non-hydrogen) atoms.